The highest BCUT2D eigenvalue weighted by Gasteiger charge is 2.19. The maximum atomic E-state index is 5.22. The Bertz CT molecular complexity index is 2800. The van der Waals surface area contributed by atoms with E-state index in [4.69, 9.17) is 24.9 Å². The fraction of sp³-hybridized carbons (Fsp3) is 0. The number of pyridine rings is 2. The van der Waals surface area contributed by atoms with E-state index in [1.54, 1.807) is 0 Å². The molecule has 10 aromatic rings. The summed E-state index contributed by atoms with van der Waals surface area (Å²) in [5.74, 6) is 1.85. The van der Waals surface area contributed by atoms with Gasteiger partial charge >= 0.3 is 0 Å². The van der Waals surface area contributed by atoms with Gasteiger partial charge in [0.1, 0.15) is 11.2 Å². The lowest BCUT2D eigenvalue weighted by Crippen LogP contribution is -2.01. The summed E-state index contributed by atoms with van der Waals surface area (Å²) >= 11 is 0. The van der Waals surface area contributed by atoms with Gasteiger partial charge in [-0.2, -0.15) is 0 Å². The van der Waals surface area contributed by atoms with Gasteiger partial charge in [0, 0.05) is 33.8 Å². The zero-order valence-electron chi connectivity index (χ0n) is 26.2. The van der Waals surface area contributed by atoms with Crippen LogP contribution in [-0.4, -0.2) is 29.3 Å². The van der Waals surface area contributed by atoms with Crippen LogP contribution < -0.4 is 0 Å². The van der Waals surface area contributed by atoms with Crippen molar-refractivity contribution in [2.24, 2.45) is 0 Å². The molecule has 6 nitrogen and oxygen atoms in total. The summed E-state index contributed by atoms with van der Waals surface area (Å²) in [6.07, 6.45) is 2.05. The van der Waals surface area contributed by atoms with Gasteiger partial charge in [0.15, 0.2) is 17.5 Å². The predicted octanol–water partition coefficient (Wildman–Crippen LogP) is 10.2. The largest absolute Gasteiger partial charge is 0.298 e. The second-order valence-corrected chi connectivity index (χ2v) is 12.2. The lowest BCUT2D eigenvalue weighted by atomic mass is 10.0. The van der Waals surface area contributed by atoms with E-state index >= 15 is 0 Å². The molecule has 228 valence electrons. The lowest BCUT2D eigenvalue weighted by molar-refractivity contribution is 1.08. The van der Waals surface area contributed by atoms with Crippen molar-refractivity contribution in [3.8, 4) is 45.4 Å². The molecule has 0 bridgehead atoms. The molecule has 0 saturated carbocycles. The summed E-state index contributed by atoms with van der Waals surface area (Å²) in [6.45, 7) is 0. The van der Waals surface area contributed by atoms with Gasteiger partial charge < -0.3 is 0 Å². The predicted molar refractivity (Wildman–Crippen MR) is 198 cm³/mol. The number of aromatic nitrogens is 6. The monoisotopic (exact) mass is 626 g/mol. The van der Waals surface area contributed by atoms with E-state index in [0.29, 0.717) is 17.5 Å². The Morgan fingerprint density at radius 1 is 0.408 bits per heavy atom. The van der Waals surface area contributed by atoms with Crippen molar-refractivity contribution in [1.82, 2.24) is 29.3 Å². The number of para-hydroxylation sites is 1. The molecule has 6 heteroatoms. The zero-order valence-corrected chi connectivity index (χ0v) is 26.2. The van der Waals surface area contributed by atoms with Crippen LogP contribution in [-0.2, 0) is 0 Å². The number of hydrogen-bond acceptors (Lipinski definition) is 5. The third-order valence-electron chi connectivity index (χ3n) is 9.24. The number of benzene rings is 6. The molecule has 0 atom stereocenters. The maximum absolute atomic E-state index is 5.22. The average Bonchev–Trinajstić information content (AvgIpc) is 3.57. The second kappa shape index (κ2) is 10.9. The van der Waals surface area contributed by atoms with Crippen molar-refractivity contribution in [2.45, 2.75) is 0 Å². The standard InChI is InChI=1S/C43H26N6/c1-3-18-31-27(12-1)14-10-21-33(31)42-46-41(47-43(48-42)34-22-11-15-28-13-2-4-19-32(28)34)30-17-9-16-29(26-30)38-40-39(35-20-5-6-23-36(35)44-38)45-37-24-7-8-25-49(37)40/h1-26H. The molecule has 0 spiro atoms. The molecule has 0 N–H and O–H groups in total. The molecule has 0 aliphatic heterocycles. The minimum atomic E-state index is 0.595. The molecular formula is C43H26N6. The highest BCUT2D eigenvalue weighted by molar-refractivity contribution is 6.09. The fourth-order valence-corrected chi connectivity index (χ4v) is 6.95. The van der Waals surface area contributed by atoms with Gasteiger partial charge in [0.2, 0.25) is 0 Å². The van der Waals surface area contributed by atoms with E-state index in [-0.39, 0.29) is 0 Å². The van der Waals surface area contributed by atoms with Crippen LogP contribution in [0.15, 0.2) is 158 Å². The van der Waals surface area contributed by atoms with Crippen molar-refractivity contribution >= 4 is 49.1 Å². The fourth-order valence-electron chi connectivity index (χ4n) is 6.95. The van der Waals surface area contributed by atoms with Crippen molar-refractivity contribution < 1.29 is 0 Å². The molecule has 4 aromatic heterocycles. The number of hydrogen-bond donors (Lipinski definition) is 0. The lowest BCUT2D eigenvalue weighted by Gasteiger charge is -2.12. The molecule has 4 heterocycles. The van der Waals surface area contributed by atoms with E-state index in [2.05, 4.69) is 120 Å². The summed E-state index contributed by atoms with van der Waals surface area (Å²) < 4.78 is 2.12. The van der Waals surface area contributed by atoms with Crippen LogP contribution in [0.2, 0.25) is 0 Å². The van der Waals surface area contributed by atoms with Crippen molar-refractivity contribution in [3.05, 3.63) is 158 Å². The molecule has 0 fully saturated rings. The Kier molecular flexibility index (Phi) is 6.08. The molecule has 0 saturated heterocycles. The maximum Gasteiger partial charge on any atom is 0.164 e. The summed E-state index contributed by atoms with van der Waals surface area (Å²) in [4.78, 5) is 25.7. The molecule has 0 radical (unpaired) electrons. The van der Waals surface area contributed by atoms with Gasteiger partial charge in [0.05, 0.1) is 16.7 Å². The smallest absolute Gasteiger partial charge is 0.164 e. The first-order chi connectivity index (χ1) is 24.3. The number of rotatable bonds is 4. The molecular weight excluding hydrogens is 601 g/mol. The summed E-state index contributed by atoms with van der Waals surface area (Å²) in [7, 11) is 0. The summed E-state index contributed by atoms with van der Waals surface area (Å²) in [6, 6.07) is 51.8. The van der Waals surface area contributed by atoms with Crippen LogP contribution in [0.25, 0.3) is 94.5 Å². The van der Waals surface area contributed by atoms with Gasteiger partial charge in [-0.05, 0) is 45.8 Å². The third kappa shape index (κ3) is 4.46. The zero-order chi connectivity index (χ0) is 32.3. The van der Waals surface area contributed by atoms with Crippen molar-refractivity contribution in [3.63, 3.8) is 0 Å². The molecule has 10 rings (SSSR count). The molecule has 0 unspecified atom stereocenters. The van der Waals surface area contributed by atoms with Gasteiger partial charge in [-0.3, -0.25) is 4.40 Å². The topological polar surface area (TPSA) is 68.9 Å². The first-order valence-corrected chi connectivity index (χ1v) is 16.3. The molecule has 0 amide bonds. The number of imidazole rings is 1. The van der Waals surface area contributed by atoms with Gasteiger partial charge in [-0.1, -0.05) is 127 Å². The Morgan fingerprint density at radius 2 is 0.980 bits per heavy atom. The Balaban J connectivity index is 1.22. The summed E-state index contributed by atoms with van der Waals surface area (Å²) in [5, 5.41) is 5.48. The first-order valence-electron chi connectivity index (χ1n) is 16.3. The van der Waals surface area contributed by atoms with E-state index in [1.165, 1.54) is 0 Å². The first kappa shape index (κ1) is 27.3. The van der Waals surface area contributed by atoms with Crippen molar-refractivity contribution in [2.75, 3.05) is 0 Å². The van der Waals surface area contributed by atoms with Crippen LogP contribution in [0.1, 0.15) is 0 Å². The Morgan fingerprint density at radius 3 is 1.71 bits per heavy atom. The highest BCUT2D eigenvalue weighted by Crippen LogP contribution is 2.36. The van der Waals surface area contributed by atoms with E-state index in [1.807, 2.05) is 42.6 Å². The van der Waals surface area contributed by atoms with E-state index < -0.39 is 0 Å². The third-order valence-corrected chi connectivity index (χ3v) is 9.24. The molecule has 49 heavy (non-hydrogen) atoms. The second-order valence-electron chi connectivity index (χ2n) is 12.2. The van der Waals surface area contributed by atoms with Gasteiger partial charge in [-0.15, -0.1) is 0 Å². The minimum Gasteiger partial charge on any atom is -0.298 e. The van der Waals surface area contributed by atoms with Crippen LogP contribution in [0.5, 0.6) is 0 Å². The van der Waals surface area contributed by atoms with Crippen LogP contribution in [0, 0.1) is 0 Å². The molecule has 6 aromatic carbocycles. The van der Waals surface area contributed by atoms with Crippen molar-refractivity contribution in [1.29, 1.82) is 0 Å². The minimum absolute atomic E-state index is 0.595. The number of fused-ring (bicyclic) bond motifs is 7. The average molecular weight is 627 g/mol. The van der Waals surface area contributed by atoms with Crippen LogP contribution in [0.4, 0.5) is 0 Å². The van der Waals surface area contributed by atoms with Crippen LogP contribution in [0.3, 0.4) is 0 Å². The van der Waals surface area contributed by atoms with E-state index in [9.17, 15) is 0 Å². The van der Waals surface area contributed by atoms with Gasteiger partial charge in [0.25, 0.3) is 0 Å². The van der Waals surface area contributed by atoms with Crippen LogP contribution >= 0.6 is 0 Å². The van der Waals surface area contributed by atoms with Gasteiger partial charge in [-0.25, -0.2) is 24.9 Å². The highest BCUT2D eigenvalue weighted by atomic mass is 15.0. The Labute approximate surface area is 281 Å². The quantitative estimate of drug-likeness (QED) is 0.194. The number of nitrogens with zero attached hydrogens (tertiary/aromatic N) is 6. The summed E-state index contributed by atoms with van der Waals surface area (Å²) in [5.41, 5.74) is 8.28. The SMILES string of the molecule is c1cc(-c2nc(-c3cccc4ccccc34)nc(-c3cccc4ccccc34)n2)cc(-c2nc3ccccc3c3nc4ccccn4c23)c1. The van der Waals surface area contributed by atoms with E-state index in [0.717, 1.165) is 77.1 Å². The Hall–Kier alpha value is -6.79. The molecule has 0 aliphatic rings. The normalized spacial score (nSPS) is 11.7. The molecule has 0 aliphatic carbocycles.